The Morgan fingerprint density at radius 1 is 0.324 bits per heavy atom. The zero-order chi connectivity index (χ0) is 54.4. The Hall–Kier alpha value is -2.07. The zero-order valence-corrected chi connectivity index (χ0v) is 47.6. The van der Waals surface area contributed by atoms with Gasteiger partial charge in [0, 0.05) is 59.3 Å². The van der Waals surface area contributed by atoms with Crippen molar-refractivity contribution in [3.05, 3.63) is 0 Å². The number of carbonyl (C=O) groups is 3. The van der Waals surface area contributed by atoms with Gasteiger partial charge >= 0.3 is 17.9 Å². The number of nitrogens with zero attached hydrogens (tertiary/aromatic N) is 3. The molecule has 0 saturated carbocycles. The number of esters is 3. The highest BCUT2D eigenvalue weighted by Gasteiger charge is 2.26. The van der Waals surface area contributed by atoms with Crippen LogP contribution in [0.1, 0.15) is 188 Å². The van der Waals surface area contributed by atoms with Gasteiger partial charge < -0.3 is 67.8 Å². The van der Waals surface area contributed by atoms with Crippen molar-refractivity contribution in [1.82, 2.24) is 14.7 Å². The van der Waals surface area contributed by atoms with Crippen molar-refractivity contribution in [2.45, 2.75) is 206 Å². The van der Waals surface area contributed by atoms with E-state index in [-0.39, 0.29) is 46.0 Å². The summed E-state index contributed by atoms with van der Waals surface area (Å²) in [6, 6.07) is 0. The molecule has 0 aliphatic heterocycles. The fraction of sp³-hybridized carbons (Fsp3) is 0.946. The third-order valence-electron chi connectivity index (χ3n) is 12.3. The van der Waals surface area contributed by atoms with E-state index in [9.17, 15) is 29.7 Å². The second-order valence-electron chi connectivity index (χ2n) is 19.8. The van der Waals surface area contributed by atoms with E-state index in [0.29, 0.717) is 92.2 Å². The third-order valence-corrected chi connectivity index (χ3v) is 12.3. The molecule has 3 unspecified atom stereocenters. The van der Waals surface area contributed by atoms with Crippen molar-refractivity contribution in [1.29, 1.82) is 0 Å². The molecule has 0 radical (unpaired) electrons. The molecule has 74 heavy (non-hydrogen) atoms. The molecule has 0 fully saturated rings. The highest BCUT2D eigenvalue weighted by Crippen LogP contribution is 2.10. The fourth-order valence-corrected chi connectivity index (χ4v) is 7.85. The Morgan fingerprint density at radius 2 is 0.568 bits per heavy atom. The monoisotopic (exact) mass is 1070 g/mol. The van der Waals surface area contributed by atoms with E-state index in [1.165, 1.54) is 57.8 Å². The van der Waals surface area contributed by atoms with Gasteiger partial charge in [-0.05, 0) is 130 Å². The minimum Gasteiger partial charge on any atom is -0.464 e. The minimum atomic E-state index is -1.51. The summed E-state index contributed by atoms with van der Waals surface area (Å²) < 4.78 is 49.5. The summed E-state index contributed by atoms with van der Waals surface area (Å²) in [5.74, 6) is -2.22. The van der Waals surface area contributed by atoms with Crippen LogP contribution in [0.3, 0.4) is 0 Å². The van der Waals surface area contributed by atoms with Crippen LogP contribution in [0, 0.1) is 0 Å². The number of carbonyl (C=O) groups excluding carboxylic acids is 3. The van der Waals surface area contributed by atoms with Gasteiger partial charge in [0.25, 0.3) is 0 Å². The summed E-state index contributed by atoms with van der Waals surface area (Å²) in [7, 11) is 3.96. The predicted molar refractivity (Wildman–Crippen MR) is 290 cm³/mol. The van der Waals surface area contributed by atoms with Crippen molar-refractivity contribution < 1.29 is 72.3 Å². The molecular weight excluding hydrogens is 955 g/mol. The molecular formula is C56H111N3O15. The summed E-state index contributed by atoms with van der Waals surface area (Å²) in [5.41, 5.74) is 0. The summed E-state index contributed by atoms with van der Waals surface area (Å²) in [5, 5.41) is 32.9. The highest BCUT2D eigenvalue weighted by molar-refractivity contribution is 5.75. The van der Waals surface area contributed by atoms with Crippen molar-refractivity contribution in [2.75, 3.05) is 140 Å². The van der Waals surface area contributed by atoms with Gasteiger partial charge in [-0.1, -0.05) is 97.8 Å². The molecule has 0 bridgehead atoms. The quantitative estimate of drug-likeness (QED) is 0.0228. The Morgan fingerprint density at radius 3 is 0.851 bits per heavy atom. The average molecular weight is 1070 g/mol. The summed E-state index contributed by atoms with van der Waals surface area (Å²) in [6.07, 6.45) is 20.7. The van der Waals surface area contributed by atoms with Crippen molar-refractivity contribution in [3.63, 3.8) is 0 Å². The largest absolute Gasteiger partial charge is 0.464 e. The fourth-order valence-electron chi connectivity index (χ4n) is 7.85. The van der Waals surface area contributed by atoms with Crippen LogP contribution in [-0.2, 0) is 57.0 Å². The lowest BCUT2D eigenvalue weighted by atomic mass is 10.2. The molecule has 0 aromatic rings. The Labute approximate surface area is 449 Å². The number of aliphatic hydroxyl groups excluding tert-OH is 3. The Balaban J connectivity index is 5.08. The van der Waals surface area contributed by atoms with E-state index >= 15 is 0 Å². The van der Waals surface area contributed by atoms with Gasteiger partial charge in [-0.3, -0.25) is 4.90 Å². The molecule has 0 aromatic carbocycles. The molecule has 3 atom stereocenters. The zero-order valence-electron chi connectivity index (χ0n) is 47.6. The van der Waals surface area contributed by atoms with E-state index in [1.807, 2.05) is 19.0 Å². The van der Waals surface area contributed by atoms with Crippen LogP contribution in [0.5, 0.6) is 0 Å². The van der Waals surface area contributed by atoms with Crippen LogP contribution in [-0.4, -0.2) is 206 Å². The molecule has 440 valence electrons. The average Bonchev–Trinajstić information content (AvgIpc) is 3.38. The lowest BCUT2D eigenvalue weighted by Gasteiger charge is -2.29. The highest BCUT2D eigenvalue weighted by atomic mass is 16.7. The first kappa shape index (κ1) is 71.9. The normalized spacial score (nSPS) is 13.0. The first-order valence-electron chi connectivity index (χ1n) is 29.1. The van der Waals surface area contributed by atoms with Gasteiger partial charge in [0.2, 0.25) is 0 Å². The predicted octanol–water partition coefficient (Wildman–Crippen LogP) is 8.04. The van der Waals surface area contributed by atoms with Crippen LogP contribution in [0.4, 0.5) is 0 Å². The number of rotatable bonds is 59. The second-order valence-corrected chi connectivity index (χ2v) is 19.8. The van der Waals surface area contributed by atoms with Gasteiger partial charge in [-0.25, -0.2) is 14.4 Å². The lowest BCUT2D eigenvalue weighted by Crippen LogP contribution is -2.45. The molecule has 0 aliphatic carbocycles. The molecule has 0 amide bonds. The topological polar surface area (TPSA) is 205 Å². The smallest absolute Gasteiger partial charge is 0.336 e. The van der Waals surface area contributed by atoms with E-state index in [4.69, 9.17) is 42.6 Å². The first-order chi connectivity index (χ1) is 36.0. The van der Waals surface area contributed by atoms with E-state index in [2.05, 4.69) is 25.7 Å². The number of unbranched alkanes of at least 4 members (excludes halogenated alkanes) is 18. The molecule has 18 nitrogen and oxygen atoms in total. The molecule has 3 N–H and O–H groups in total. The van der Waals surface area contributed by atoms with Gasteiger partial charge in [-0.2, -0.15) is 0 Å². The summed E-state index contributed by atoms with van der Waals surface area (Å²) >= 11 is 0. The SMILES string of the molecule is CCCCCCOCOCCCCCCOC(=O)C(O)CN(CCCN(C)C)CCCN(CC(O)C(=O)OCCCCCCOCOCCCCCC)CC(O)C(=O)OCCCCCCOCOCCCCCC. The Kier molecular flexibility index (Phi) is 54.1. The molecule has 0 spiro atoms. The second kappa shape index (κ2) is 55.7. The van der Waals surface area contributed by atoms with Crippen LogP contribution < -0.4 is 0 Å². The molecule has 0 heterocycles. The molecule has 0 rings (SSSR count). The maximum absolute atomic E-state index is 12.9. The van der Waals surface area contributed by atoms with E-state index in [1.54, 1.807) is 4.90 Å². The van der Waals surface area contributed by atoms with Gasteiger partial charge in [0.1, 0.15) is 20.4 Å². The molecule has 0 aromatic heterocycles. The van der Waals surface area contributed by atoms with Crippen molar-refractivity contribution in [2.24, 2.45) is 0 Å². The minimum absolute atomic E-state index is 0.0649. The molecule has 18 heteroatoms. The Bertz CT molecular complexity index is 1170. The van der Waals surface area contributed by atoms with E-state index in [0.717, 1.165) is 96.6 Å². The van der Waals surface area contributed by atoms with Gasteiger partial charge in [-0.15, -0.1) is 0 Å². The summed E-state index contributed by atoms with van der Waals surface area (Å²) in [4.78, 5) is 44.4. The number of hydrogen-bond acceptors (Lipinski definition) is 18. The number of ether oxygens (including phenoxy) is 9. The van der Waals surface area contributed by atoms with Crippen LogP contribution in [0.2, 0.25) is 0 Å². The molecule has 0 saturated heterocycles. The van der Waals surface area contributed by atoms with E-state index < -0.39 is 36.2 Å². The maximum Gasteiger partial charge on any atom is 0.336 e. The first-order valence-corrected chi connectivity index (χ1v) is 29.1. The number of aliphatic hydroxyl groups is 3. The van der Waals surface area contributed by atoms with Crippen LogP contribution in [0.15, 0.2) is 0 Å². The van der Waals surface area contributed by atoms with Gasteiger partial charge in [0.05, 0.1) is 19.8 Å². The maximum atomic E-state index is 12.9. The third kappa shape index (κ3) is 49.5. The standard InChI is InChI=1S/C56H111N3O15/c1-6-9-12-21-36-66-48-69-39-24-15-18-27-42-72-54(63)51(60)45-58(33-30-32-57(4)5)34-31-35-59(46-52(61)55(64)73-43-28-19-16-25-40-70-49-67-37-22-13-10-7-2)47-53(62)56(65)74-44-29-20-17-26-41-71-50-68-38-23-14-11-8-3/h51-53,60-62H,6-50H2,1-5H3. The molecule has 0 aliphatic rings. The van der Waals surface area contributed by atoms with Crippen molar-refractivity contribution >= 4 is 17.9 Å². The van der Waals surface area contributed by atoms with Crippen molar-refractivity contribution in [3.8, 4) is 0 Å². The van der Waals surface area contributed by atoms with Crippen LogP contribution >= 0.6 is 0 Å². The number of hydrogen-bond donors (Lipinski definition) is 3. The van der Waals surface area contributed by atoms with Gasteiger partial charge in [0.15, 0.2) is 18.3 Å². The lowest BCUT2D eigenvalue weighted by molar-refractivity contribution is -0.157. The summed E-state index contributed by atoms with van der Waals surface area (Å²) in [6.45, 7) is 13.8. The van der Waals surface area contributed by atoms with Crippen LogP contribution in [0.25, 0.3) is 0 Å².